The first-order valence-electron chi connectivity index (χ1n) is 7.85. The first-order valence-corrected chi connectivity index (χ1v) is 7.85. The van der Waals surface area contributed by atoms with E-state index in [2.05, 4.69) is 18.2 Å². The Morgan fingerprint density at radius 3 is 2.10 bits per heavy atom. The summed E-state index contributed by atoms with van der Waals surface area (Å²) in [4.78, 5) is 10.5. The molecular weight excluding hydrogens is 248 g/mol. The molecule has 0 aromatic heterocycles. The molecule has 20 heavy (non-hydrogen) atoms. The summed E-state index contributed by atoms with van der Waals surface area (Å²) < 4.78 is 4.89. The molecule has 0 amide bonds. The summed E-state index contributed by atoms with van der Waals surface area (Å²) in [6.07, 6.45) is 22.3. The van der Waals surface area contributed by atoms with Crippen molar-refractivity contribution in [1.29, 1.82) is 0 Å². The highest BCUT2D eigenvalue weighted by Gasteiger charge is 1.94. The maximum atomic E-state index is 10.5. The number of rotatable bonds is 12. The molecule has 2 heteroatoms. The minimum absolute atomic E-state index is 0.168. The Balaban J connectivity index is 3.15. The smallest absolute Gasteiger partial charge is 0.302 e. The van der Waals surface area contributed by atoms with Crippen molar-refractivity contribution in [3.05, 3.63) is 36.5 Å². The molecule has 0 aromatic rings. The van der Waals surface area contributed by atoms with E-state index in [0.29, 0.717) is 6.61 Å². The van der Waals surface area contributed by atoms with E-state index >= 15 is 0 Å². The summed E-state index contributed by atoms with van der Waals surface area (Å²) >= 11 is 0. The van der Waals surface area contributed by atoms with Gasteiger partial charge in [0.2, 0.25) is 0 Å². The van der Waals surface area contributed by atoms with Gasteiger partial charge in [0.1, 0.15) is 0 Å². The molecule has 0 radical (unpaired) electrons. The fourth-order valence-corrected chi connectivity index (χ4v) is 1.88. The fraction of sp³-hybridized carbons (Fsp3) is 0.611. The predicted octanol–water partition coefficient (Wildman–Crippen LogP) is 5.36. The zero-order valence-electron chi connectivity index (χ0n) is 13.1. The van der Waals surface area contributed by atoms with E-state index in [1.807, 2.05) is 25.2 Å². The van der Waals surface area contributed by atoms with Gasteiger partial charge in [0, 0.05) is 6.92 Å². The van der Waals surface area contributed by atoms with Crippen LogP contribution in [0.5, 0.6) is 0 Å². The number of esters is 1. The highest BCUT2D eigenvalue weighted by atomic mass is 16.5. The normalized spacial score (nSPS) is 11.9. The van der Waals surface area contributed by atoms with Crippen LogP contribution in [0.2, 0.25) is 0 Å². The van der Waals surface area contributed by atoms with Gasteiger partial charge >= 0.3 is 5.97 Å². The van der Waals surface area contributed by atoms with E-state index < -0.39 is 0 Å². The number of unbranched alkanes of at least 4 members (excludes halogenated alkanes) is 7. The quantitative estimate of drug-likeness (QED) is 0.273. The fourth-order valence-electron chi connectivity index (χ4n) is 1.88. The molecule has 0 spiro atoms. The lowest BCUT2D eigenvalue weighted by molar-refractivity contribution is -0.141. The van der Waals surface area contributed by atoms with Gasteiger partial charge < -0.3 is 4.74 Å². The van der Waals surface area contributed by atoms with Crippen molar-refractivity contribution in [2.75, 3.05) is 6.61 Å². The molecule has 0 unspecified atom stereocenters. The van der Waals surface area contributed by atoms with Crippen LogP contribution in [0.4, 0.5) is 0 Å². The Bertz CT molecular complexity index is 301. The van der Waals surface area contributed by atoms with Gasteiger partial charge in [-0.05, 0) is 26.2 Å². The molecule has 0 heterocycles. The van der Waals surface area contributed by atoms with Crippen LogP contribution in [0, 0.1) is 0 Å². The molecule has 0 aromatic carbocycles. The maximum Gasteiger partial charge on any atom is 0.302 e. The van der Waals surface area contributed by atoms with Crippen LogP contribution in [0.1, 0.15) is 65.2 Å². The molecule has 0 saturated carbocycles. The zero-order valence-corrected chi connectivity index (χ0v) is 13.1. The third kappa shape index (κ3) is 16.7. The summed E-state index contributed by atoms with van der Waals surface area (Å²) in [6.45, 7) is 4.07. The monoisotopic (exact) mass is 278 g/mol. The summed E-state index contributed by atoms with van der Waals surface area (Å²) in [6, 6.07) is 0. The van der Waals surface area contributed by atoms with Crippen LogP contribution in [0.15, 0.2) is 36.5 Å². The Kier molecular flexibility index (Phi) is 14.7. The highest BCUT2D eigenvalue weighted by Crippen LogP contribution is 2.09. The van der Waals surface area contributed by atoms with Gasteiger partial charge in [-0.2, -0.15) is 0 Å². The maximum absolute atomic E-state index is 10.5. The molecule has 0 N–H and O–H groups in total. The van der Waals surface area contributed by atoms with Gasteiger partial charge in [-0.15, -0.1) is 0 Å². The van der Waals surface area contributed by atoms with E-state index in [1.165, 1.54) is 51.9 Å². The van der Waals surface area contributed by atoms with E-state index in [9.17, 15) is 4.79 Å². The SMILES string of the molecule is C\C=C/C=C/C=C\CCCCCCCCCOC(C)=O. The predicted molar refractivity (Wildman–Crippen MR) is 86.7 cm³/mol. The second kappa shape index (κ2) is 15.7. The van der Waals surface area contributed by atoms with Crippen LogP contribution in [-0.4, -0.2) is 12.6 Å². The second-order valence-corrected chi connectivity index (χ2v) is 4.94. The molecule has 114 valence electrons. The molecule has 0 atom stereocenters. The van der Waals surface area contributed by atoms with Gasteiger partial charge in [-0.3, -0.25) is 4.79 Å². The summed E-state index contributed by atoms with van der Waals surface area (Å²) in [7, 11) is 0. The molecule has 0 fully saturated rings. The Morgan fingerprint density at radius 1 is 0.850 bits per heavy atom. The minimum Gasteiger partial charge on any atom is -0.466 e. The summed E-state index contributed by atoms with van der Waals surface area (Å²) in [5.74, 6) is -0.168. The lowest BCUT2D eigenvalue weighted by Gasteiger charge is -2.02. The lowest BCUT2D eigenvalue weighted by atomic mass is 10.1. The average Bonchev–Trinajstić information content (AvgIpc) is 2.43. The molecule has 0 aliphatic rings. The van der Waals surface area contributed by atoms with Crippen molar-refractivity contribution >= 4 is 5.97 Å². The Morgan fingerprint density at radius 2 is 1.45 bits per heavy atom. The number of allylic oxidation sites excluding steroid dienone is 6. The van der Waals surface area contributed by atoms with E-state index in [-0.39, 0.29) is 5.97 Å². The molecule has 0 aliphatic carbocycles. The van der Waals surface area contributed by atoms with Gasteiger partial charge in [0.15, 0.2) is 0 Å². The lowest BCUT2D eigenvalue weighted by Crippen LogP contribution is -1.99. The Labute approximate surface area is 124 Å². The number of carbonyl (C=O) groups is 1. The number of ether oxygens (including phenoxy) is 1. The van der Waals surface area contributed by atoms with Crippen LogP contribution in [-0.2, 0) is 9.53 Å². The summed E-state index contributed by atoms with van der Waals surface area (Å²) in [5.41, 5.74) is 0. The zero-order chi connectivity index (χ0) is 14.9. The van der Waals surface area contributed by atoms with Crippen molar-refractivity contribution in [2.24, 2.45) is 0 Å². The first kappa shape index (κ1) is 18.7. The largest absolute Gasteiger partial charge is 0.466 e. The van der Waals surface area contributed by atoms with Gasteiger partial charge in [0.05, 0.1) is 6.61 Å². The van der Waals surface area contributed by atoms with E-state index in [4.69, 9.17) is 4.74 Å². The van der Waals surface area contributed by atoms with Crippen molar-refractivity contribution < 1.29 is 9.53 Å². The van der Waals surface area contributed by atoms with Gasteiger partial charge in [0.25, 0.3) is 0 Å². The van der Waals surface area contributed by atoms with E-state index in [0.717, 1.165) is 6.42 Å². The molecule has 2 nitrogen and oxygen atoms in total. The van der Waals surface area contributed by atoms with Crippen LogP contribution in [0.25, 0.3) is 0 Å². The van der Waals surface area contributed by atoms with Crippen LogP contribution >= 0.6 is 0 Å². The standard InChI is InChI=1S/C18H30O2/c1-3-4-5-6-7-8-9-10-11-12-13-14-15-16-17-20-18(2)19/h3-8H,9-17H2,1-2H3/b4-3-,6-5+,8-7-. The summed E-state index contributed by atoms with van der Waals surface area (Å²) in [5, 5.41) is 0. The second-order valence-electron chi connectivity index (χ2n) is 4.94. The van der Waals surface area contributed by atoms with Gasteiger partial charge in [-0.1, -0.05) is 68.6 Å². The highest BCUT2D eigenvalue weighted by molar-refractivity contribution is 5.65. The molecule has 0 rings (SSSR count). The molecule has 0 saturated heterocycles. The van der Waals surface area contributed by atoms with Crippen molar-refractivity contribution in [1.82, 2.24) is 0 Å². The third-order valence-electron chi connectivity index (χ3n) is 2.98. The van der Waals surface area contributed by atoms with Gasteiger partial charge in [-0.25, -0.2) is 0 Å². The minimum atomic E-state index is -0.168. The Hall–Kier alpha value is -1.31. The number of carbonyl (C=O) groups excluding carboxylic acids is 1. The number of hydrogen-bond donors (Lipinski definition) is 0. The van der Waals surface area contributed by atoms with Crippen LogP contribution in [0.3, 0.4) is 0 Å². The molecular formula is C18H30O2. The third-order valence-corrected chi connectivity index (χ3v) is 2.98. The van der Waals surface area contributed by atoms with Crippen molar-refractivity contribution in [3.63, 3.8) is 0 Å². The van der Waals surface area contributed by atoms with Crippen LogP contribution < -0.4 is 0 Å². The van der Waals surface area contributed by atoms with E-state index in [1.54, 1.807) is 0 Å². The molecule has 0 bridgehead atoms. The van der Waals surface area contributed by atoms with Crippen molar-refractivity contribution in [3.8, 4) is 0 Å². The number of hydrogen-bond acceptors (Lipinski definition) is 2. The average molecular weight is 278 g/mol. The molecule has 0 aliphatic heterocycles. The topological polar surface area (TPSA) is 26.3 Å². The first-order chi connectivity index (χ1) is 9.77. The van der Waals surface area contributed by atoms with Crippen molar-refractivity contribution in [2.45, 2.75) is 65.2 Å².